The van der Waals surface area contributed by atoms with Crippen LogP contribution in [0.4, 0.5) is 24.5 Å². The highest BCUT2D eigenvalue weighted by molar-refractivity contribution is 5.95. The van der Waals surface area contributed by atoms with Crippen LogP contribution in [0.25, 0.3) is 0 Å². The minimum Gasteiger partial charge on any atom is -0.475 e. The van der Waals surface area contributed by atoms with Gasteiger partial charge in [-0.3, -0.25) is 9.78 Å². The summed E-state index contributed by atoms with van der Waals surface area (Å²) >= 11 is 0. The Labute approximate surface area is 195 Å². The van der Waals surface area contributed by atoms with Crippen LogP contribution in [0.3, 0.4) is 0 Å². The molecule has 4 rings (SSSR count). The quantitative estimate of drug-likeness (QED) is 0.592. The van der Waals surface area contributed by atoms with Crippen LogP contribution in [-0.2, 0) is 4.79 Å². The smallest absolute Gasteiger partial charge is 0.475 e. The van der Waals surface area contributed by atoms with E-state index in [-0.39, 0.29) is 11.9 Å². The van der Waals surface area contributed by atoms with Gasteiger partial charge in [-0.2, -0.15) is 13.2 Å². The molecule has 1 aromatic carbocycles. The second kappa shape index (κ2) is 11.3. The number of β-amino-alcohol motifs (C(OH)–C–C–N with tert-alkyl or cyclic N) is 1. The molecule has 2 unspecified atom stereocenters. The Hall–Kier alpha value is -3.14. The van der Waals surface area contributed by atoms with E-state index in [2.05, 4.69) is 10.3 Å². The molecule has 0 spiro atoms. The van der Waals surface area contributed by atoms with E-state index >= 15 is 0 Å². The number of anilines is 2. The number of pyridine rings is 1. The predicted octanol–water partition coefficient (Wildman–Crippen LogP) is 4.61. The molecule has 0 radical (unpaired) electrons. The van der Waals surface area contributed by atoms with E-state index in [0.29, 0.717) is 18.0 Å². The van der Waals surface area contributed by atoms with Crippen LogP contribution in [0.5, 0.6) is 0 Å². The van der Waals surface area contributed by atoms with E-state index in [1.807, 2.05) is 41.3 Å². The molecule has 1 aromatic heterocycles. The normalized spacial score (nSPS) is 20.9. The number of carbonyl (C=O) groups excluding carboxylic acids is 1. The number of carboxylic acids is 1. The molecule has 10 heteroatoms. The molecule has 2 aromatic rings. The monoisotopic (exact) mass is 479 g/mol. The summed E-state index contributed by atoms with van der Waals surface area (Å²) in [5, 5.41) is 20.6. The molecule has 7 nitrogen and oxygen atoms in total. The van der Waals surface area contributed by atoms with Crippen molar-refractivity contribution < 1.29 is 33.0 Å². The number of aromatic nitrogens is 1. The molecule has 2 atom stereocenters. The van der Waals surface area contributed by atoms with Crippen LogP contribution >= 0.6 is 0 Å². The Bertz CT molecular complexity index is 948. The fourth-order valence-corrected chi connectivity index (χ4v) is 4.51. The number of hydrogen-bond acceptors (Lipinski definition) is 5. The number of aliphatic hydroxyl groups is 1. The molecule has 2 heterocycles. The highest BCUT2D eigenvalue weighted by Gasteiger charge is 2.39. The SMILES string of the molecule is O=C(O)C(F)(F)F.O=C(c1ccc(Nc2ccncc2)cc1)N1CC(O)CC1C1CCCCC1. The van der Waals surface area contributed by atoms with Crippen molar-refractivity contribution in [2.45, 2.75) is 56.8 Å². The predicted molar refractivity (Wildman–Crippen MR) is 120 cm³/mol. The molecular weight excluding hydrogens is 451 g/mol. The van der Waals surface area contributed by atoms with Gasteiger partial charge in [-0.25, -0.2) is 4.79 Å². The van der Waals surface area contributed by atoms with Gasteiger partial charge in [-0.05, 0) is 61.6 Å². The van der Waals surface area contributed by atoms with Gasteiger partial charge in [0.15, 0.2) is 0 Å². The average Bonchev–Trinajstić information content (AvgIpc) is 3.22. The average molecular weight is 479 g/mol. The zero-order chi connectivity index (χ0) is 24.7. The minimum absolute atomic E-state index is 0.0394. The third-order valence-electron chi connectivity index (χ3n) is 6.12. The van der Waals surface area contributed by atoms with Gasteiger partial charge < -0.3 is 20.4 Å². The van der Waals surface area contributed by atoms with Crippen molar-refractivity contribution in [2.75, 3.05) is 11.9 Å². The molecule has 2 fully saturated rings. The summed E-state index contributed by atoms with van der Waals surface area (Å²) in [5.74, 6) is -2.18. The number of aliphatic carboxylic acids is 1. The lowest BCUT2D eigenvalue weighted by Crippen LogP contribution is -2.40. The third kappa shape index (κ3) is 6.93. The van der Waals surface area contributed by atoms with Crippen molar-refractivity contribution in [1.29, 1.82) is 0 Å². The summed E-state index contributed by atoms with van der Waals surface area (Å²) in [5.41, 5.74) is 2.58. The zero-order valence-corrected chi connectivity index (χ0v) is 18.5. The maximum atomic E-state index is 13.1. The maximum absolute atomic E-state index is 13.1. The summed E-state index contributed by atoms with van der Waals surface area (Å²) in [6, 6.07) is 11.6. The first-order chi connectivity index (χ1) is 16.1. The number of carboxylic acid groups (broad SMARTS) is 1. The number of rotatable bonds is 4. The fraction of sp³-hybridized carbons (Fsp3) is 0.458. The van der Waals surface area contributed by atoms with E-state index in [4.69, 9.17) is 9.90 Å². The number of amides is 1. The number of aliphatic hydroxyl groups excluding tert-OH is 1. The zero-order valence-electron chi connectivity index (χ0n) is 18.5. The first-order valence-electron chi connectivity index (χ1n) is 11.2. The lowest BCUT2D eigenvalue weighted by molar-refractivity contribution is -0.192. The molecular formula is C24H28F3N3O4. The third-order valence-corrected chi connectivity index (χ3v) is 6.12. The molecule has 3 N–H and O–H groups in total. The summed E-state index contributed by atoms with van der Waals surface area (Å²) in [4.78, 5) is 27.9. The summed E-state index contributed by atoms with van der Waals surface area (Å²) < 4.78 is 31.7. The van der Waals surface area contributed by atoms with Gasteiger partial charge in [-0.1, -0.05) is 19.3 Å². The van der Waals surface area contributed by atoms with Crippen molar-refractivity contribution in [3.05, 3.63) is 54.4 Å². The van der Waals surface area contributed by atoms with Gasteiger partial charge in [0.25, 0.3) is 5.91 Å². The largest absolute Gasteiger partial charge is 0.490 e. The topological polar surface area (TPSA) is 103 Å². The number of carbonyl (C=O) groups is 2. The van der Waals surface area contributed by atoms with Gasteiger partial charge >= 0.3 is 12.1 Å². The number of benzene rings is 1. The number of nitrogens with one attached hydrogen (secondary N) is 1. The number of hydrogen-bond donors (Lipinski definition) is 3. The second-order valence-electron chi connectivity index (χ2n) is 8.55. The molecule has 0 bridgehead atoms. The van der Waals surface area contributed by atoms with Crippen LogP contribution in [0, 0.1) is 5.92 Å². The fourth-order valence-electron chi connectivity index (χ4n) is 4.51. The van der Waals surface area contributed by atoms with E-state index in [1.54, 1.807) is 12.4 Å². The summed E-state index contributed by atoms with van der Waals surface area (Å²) in [6.07, 6.45) is 4.86. The molecule has 1 aliphatic heterocycles. The van der Waals surface area contributed by atoms with Crippen LogP contribution in [0.2, 0.25) is 0 Å². The Morgan fingerprint density at radius 2 is 1.53 bits per heavy atom. The van der Waals surface area contributed by atoms with Gasteiger partial charge in [0.2, 0.25) is 0 Å². The molecule has 34 heavy (non-hydrogen) atoms. The van der Waals surface area contributed by atoms with Crippen LogP contribution < -0.4 is 5.32 Å². The van der Waals surface area contributed by atoms with Crippen molar-refractivity contribution >= 4 is 23.3 Å². The standard InChI is InChI=1S/C22H27N3O2.C2HF3O2/c26-20-14-21(16-4-2-1-3-5-16)25(15-20)22(27)17-6-8-18(9-7-17)24-19-10-12-23-13-11-19;3-2(4,5)1(6)7/h6-13,16,20-21,26H,1-5,14-15H2,(H,23,24);(H,6,7). The van der Waals surface area contributed by atoms with Gasteiger partial charge in [-0.15, -0.1) is 0 Å². The van der Waals surface area contributed by atoms with Crippen molar-refractivity contribution in [3.63, 3.8) is 0 Å². The van der Waals surface area contributed by atoms with E-state index in [1.165, 1.54) is 32.1 Å². The first kappa shape index (κ1) is 25.5. The number of alkyl halides is 3. The van der Waals surface area contributed by atoms with Crippen LogP contribution in [0.1, 0.15) is 48.9 Å². The lowest BCUT2D eigenvalue weighted by atomic mass is 9.82. The highest BCUT2D eigenvalue weighted by atomic mass is 19.4. The van der Waals surface area contributed by atoms with Gasteiger partial charge in [0, 0.05) is 41.9 Å². The van der Waals surface area contributed by atoms with Crippen molar-refractivity contribution in [2.24, 2.45) is 5.92 Å². The summed E-state index contributed by atoms with van der Waals surface area (Å²) in [7, 11) is 0. The van der Waals surface area contributed by atoms with Gasteiger partial charge in [0.05, 0.1) is 6.10 Å². The Kier molecular flexibility index (Phi) is 8.49. The summed E-state index contributed by atoms with van der Waals surface area (Å²) in [6.45, 7) is 0.455. The molecule has 184 valence electrons. The van der Waals surface area contributed by atoms with E-state index in [9.17, 15) is 23.1 Å². The number of halogens is 3. The molecule has 1 saturated carbocycles. The van der Waals surface area contributed by atoms with E-state index in [0.717, 1.165) is 17.8 Å². The maximum Gasteiger partial charge on any atom is 0.490 e. The van der Waals surface area contributed by atoms with Crippen molar-refractivity contribution in [1.82, 2.24) is 9.88 Å². The Morgan fingerprint density at radius 3 is 2.09 bits per heavy atom. The highest BCUT2D eigenvalue weighted by Crippen LogP contribution is 2.35. The van der Waals surface area contributed by atoms with Crippen LogP contribution in [-0.4, -0.2) is 56.8 Å². The van der Waals surface area contributed by atoms with Gasteiger partial charge in [0.1, 0.15) is 0 Å². The minimum atomic E-state index is -5.08. The lowest BCUT2D eigenvalue weighted by Gasteiger charge is -2.33. The second-order valence-corrected chi connectivity index (χ2v) is 8.55. The molecule has 1 aliphatic carbocycles. The van der Waals surface area contributed by atoms with Crippen molar-refractivity contribution in [3.8, 4) is 0 Å². The number of likely N-dealkylation sites (tertiary alicyclic amines) is 1. The number of nitrogens with zero attached hydrogens (tertiary/aromatic N) is 2. The Balaban J connectivity index is 0.000000406. The molecule has 1 amide bonds. The van der Waals surface area contributed by atoms with E-state index < -0.39 is 18.2 Å². The van der Waals surface area contributed by atoms with Crippen LogP contribution in [0.15, 0.2) is 48.8 Å². The molecule has 2 aliphatic rings. The Morgan fingerprint density at radius 1 is 0.971 bits per heavy atom. The molecule has 1 saturated heterocycles. The first-order valence-corrected chi connectivity index (χ1v) is 11.2.